The van der Waals surface area contributed by atoms with Gasteiger partial charge >= 0.3 is 0 Å². The minimum absolute atomic E-state index is 0.0642. The highest BCUT2D eigenvalue weighted by molar-refractivity contribution is 5.32. The zero-order valence-electron chi connectivity index (χ0n) is 11.8. The lowest BCUT2D eigenvalue weighted by atomic mass is 9.99. The van der Waals surface area contributed by atoms with Crippen molar-refractivity contribution in [3.8, 4) is 11.5 Å². The van der Waals surface area contributed by atoms with E-state index in [0.717, 1.165) is 23.5 Å². The van der Waals surface area contributed by atoms with E-state index >= 15 is 0 Å². The first kappa shape index (κ1) is 14.4. The van der Waals surface area contributed by atoms with Gasteiger partial charge in [0.25, 0.3) is 0 Å². The van der Waals surface area contributed by atoms with Crippen LogP contribution in [0.3, 0.4) is 0 Å². The van der Waals surface area contributed by atoms with E-state index in [9.17, 15) is 0 Å². The Morgan fingerprint density at radius 2 is 1.40 bits per heavy atom. The Morgan fingerprint density at radius 1 is 0.900 bits per heavy atom. The number of hydrogen-bond donors (Lipinski definition) is 2. The van der Waals surface area contributed by atoms with Gasteiger partial charge < -0.3 is 9.47 Å². The lowest BCUT2D eigenvalue weighted by Gasteiger charge is -2.17. The molecule has 3 N–H and O–H groups in total. The maximum Gasteiger partial charge on any atom is 0.118 e. The van der Waals surface area contributed by atoms with Gasteiger partial charge in [0.15, 0.2) is 0 Å². The summed E-state index contributed by atoms with van der Waals surface area (Å²) in [6.07, 6.45) is 0.812. The third-order valence-electron chi connectivity index (χ3n) is 3.32. The van der Waals surface area contributed by atoms with Crippen LogP contribution in [0.2, 0.25) is 0 Å². The van der Waals surface area contributed by atoms with Crippen molar-refractivity contribution in [2.24, 2.45) is 5.84 Å². The van der Waals surface area contributed by atoms with Gasteiger partial charge in [0.1, 0.15) is 11.5 Å². The van der Waals surface area contributed by atoms with Crippen molar-refractivity contribution in [1.82, 2.24) is 5.43 Å². The van der Waals surface area contributed by atoms with Gasteiger partial charge in [0.2, 0.25) is 0 Å². The van der Waals surface area contributed by atoms with E-state index in [-0.39, 0.29) is 6.04 Å². The Kier molecular flexibility index (Phi) is 4.98. The molecule has 2 aromatic rings. The van der Waals surface area contributed by atoms with Crippen LogP contribution in [0, 0.1) is 0 Å². The summed E-state index contributed by atoms with van der Waals surface area (Å²) in [7, 11) is 3.32. The molecule has 0 aliphatic heterocycles. The summed E-state index contributed by atoms with van der Waals surface area (Å²) in [4.78, 5) is 0. The molecule has 0 bridgehead atoms. The molecule has 0 saturated carbocycles. The van der Waals surface area contributed by atoms with Crippen molar-refractivity contribution < 1.29 is 9.47 Å². The zero-order chi connectivity index (χ0) is 14.4. The normalized spacial score (nSPS) is 11.9. The zero-order valence-corrected chi connectivity index (χ0v) is 11.8. The van der Waals surface area contributed by atoms with Crippen molar-refractivity contribution >= 4 is 0 Å². The Balaban J connectivity index is 2.10. The number of hydrogen-bond acceptors (Lipinski definition) is 4. The lowest BCUT2D eigenvalue weighted by molar-refractivity contribution is 0.414. The molecule has 0 radical (unpaired) electrons. The van der Waals surface area contributed by atoms with E-state index in [0.29, 0.717) is 0 Å². The summed E-state index contributed by atoms with van der Waals surface area (Å²) in [5, 5.41) is 0. The molecule has 0 aromatic heterocycles. The molecule has 1 atom stereocenters. The van der Waals surface area contributed by atoms with Crippen molar-refractivity contribution in [2.45, 2.75) is 12.5 Å². The standard InChI is InChI=1S/C16H20N2O2/c1-19-14-7-3-12(4-8-14)11-16(18-17)13-5-9-15(20-2)10-6-13/h3-10,16,18H,11,17H2,1-2H3/t16-/m1/s1. The molecule has 0 amide bonds. The minimum Gasteiger partial charge on any atom is -0.497 e. The molecular formula is C16H20N2O2. The quantitative estimate of drug-likeness (QED) is 0.626. The van der Waals surface area contributed by atoms with Gasteiger partial charge in [0.05, 0.1) is 14.2 Å². The van der Waals surface area contributed by atoms with Crippen molar-refractivity contribution in [3.05, 3.63) is 59.7 Å². The molecule has 2 aromatic carbocycles. The number of rotatable bonds is 6. The van der Waals surface area contributed by atoms with E-state index < -0.39 is 0 Å². The number of nitrogens with one attached hydrogen (secondary N) is 1. The molecule has 0 spiro atoms. The minimum atomic E-state index is 0.0642. The molecule has 0 heterocycles. The van der Waals surface area contributed by atoms with E-state index in [1.54, 1.807) is 14.2 Å². The topological polar surface area (TPSA) is 56.5 Å². The first-order valence-corrected chi connectivity index (χ1v) is 6.50. The van der Waals surface area contributed by atoms with Gasteiger partial charge in [0, 0.05) is 6.04 Å². The predicted octanol–water partition coefficient (Wildman–Crippen LogP) is 2.45. The molecule has 20 heavy (non-hydrogen) atoms. The Hall–Kier alpha value is -2.04. The number of ether oxygens (including phenoxy) is 2. The smallest absolute Gasteiger partial charge is 0.118 e. The van der Waals surface area contributed by atoms with Gasteiger partial charge in [-0.1, -0.05) is 24.3 Å². The average molecular weight is 272 g/mol. The first-order chi connectivity index (χ1) is 9.76. The van der Waals surface area contributed by atoms with Crippen LogP contribution in [0.25, 0.3) is 0 Å². The van der Waals surface area contributed by atoms with Crippen LogP contribution in [0.1, 0.15) is 17.2 Å². The number of hydrazine groups is 1. The second kappa shape index (κ2) is 6.93. The lowest BCUT2D eigenvalue weighted by Crippen LogP contribution is -2.29. The van der Waals surface area contributed by atoms with Crippen molar-refractivity contribution in [1.29, 1.82) is 0 Å². The molecule has 106 valence electrons. The Bertz CT molecular complexity index is 523. The highest BCUT2D eigenvalue weighted by Gasteiger charge is 2.10. The molecule has 4 heteroatoms. The summed E-state index contributed by atoms with van der Waals surface area (Å²) in [5.41, 5.74) is 5.19. The van der Waals surface area contributed by atoms with Crippen LogP contribution in [0.4, 0.5) is 0 Å². The molecule has 0 aliphatic rings. The summed E-state index contributed by atoms with van der Waals surface area (Å²) in [6.45, 7) is 0. The Labute approximate surface area is 119 Å². The molecule has 0 saturated heterocycles. The van der Waals surface area contributed by atoms with Crippen LogP contribution in [0.5, 0.6) is 11.5 Å². The molecule has 0 aliphatic carbocycles. The van der Waals surface area contributed by atoms with Gasteiger partial charge in [-0.05, 0) is 41.8 Å². The second-order valence-electron chi connectivity index (χ2n) is 4.54. The van der Waals surface area contributed by atoms with Crippen molar-refractivity contribution in [2.75, 3.05) is 14.2 Å². The molecule has 0 fully saturated rings. The molecular weight excluding hydrogens is 252 g/mol. The second-order valence-corrected chi connectivity index (χ2v) is 4.54. The fourth-order valence-corrected chi connectivity index (χ4v) is 2.11. The van der Waals surface area contributed by atoms with Gasteiger partial charge in [-0.15, -0.1) is 0 Å². The van der Waals surface area contributed by atoms with E-state index in [2.05, 4.69) is 5.43 Å². The van der Waals surface area contributed by atoms with E-state index in [1.807, 2.05) is 48.5 Å². The molecule has 2 rings (SSSR count). The largest absolute Gasteiger partial charge is 0.497 e. The summed E-state index contributed by atoms with van der Waals surface area (Å²) in [6, 6.07) is 16.0. The van der Waals surface area contributed by atoms with Crippen LogP contribution in [-0.2, 0) is 6.42 Å². The van der Waals surface area contributed by atoms with Crippen LogP contribution >= 0.6 is 0 Å². The van der Waals surface area contributed by atoms with Gasteiger partial charge in [-0.2, -0.15) is 0 Å². The molecule has 4 nitrogen and oxygen atoms in total. The number of nitrogens with two attached hydrogens (primary N) is 1. The third kappa shape index (κ3) is 3.50. The average Bonchev–Trinajstić information content (AvgIpc) is 2.53. The highest BCUT2D eigenvalue weighted by Crippen LogP contribution is 2.21. The Morgan fingerprint density at radius 3 is 1.85 bits per heavy atom. The monoisotopic (exact) mass is 272 g/mol. The first-order valence-electron chi connectivity index (χ1n) is 6.50. The van der Waals surface area contributed by atoms with Gasteiger partial charge in [-0.25, -0.2) is 0 Å². The number of methoxy groups -OCH3 is 2. The molecule has 0 unspecified atom stereocenters. The third-order valence-corrected chi connectivity index (χ3v) is 3.32. The maximum absolute atomic E-state index is 5.67. The van der Waals surface area contributed by atoms with Crippen LogP contribution in [-0.4, -0.2) is 14.2 Å². The summed E-state index contributed by atoms with van der Waals surface area (Å²) in [5.74, 6) is 7.37. The van der Waals surface area contributed by atoms with Crippen molar-refractivity contribution in [3.63, 3.8) is 0 Å². The summed E-state index contributed by atoms with van der Waals surface area (Å²) < 4.78 is 10.3. The highest BCUT2D eigenvalue weighted by atomic mass is 16.5. The van der Waals surface area contributed by atoms with Gasteiger partial charge in [-0.3, -0.25) is 11.3 Å². The predicted molar refractivity (Wildman–Crippen MR) is 79.8 cm³/mol. The fourth-order valence-electron chi connectivity index (χ4n) is 2.11. The fraction of sp³-hybridized carbons (Fsp3) is 0.250. The SMILES string of the molecule is COc1ccc(C[C@@H](NN)c2ccc(OC)cc2)cc1. The maximum atomic E-state index is 5.67. The van der Waals surface area contributed by atoms with E-state index in [4.69, 9.17) is 15.3 Å². The summed E-state index contributed by atoms with van der Waals surface area (Å²) >= 11 is 0. The van der Waals surface area contributed by atoms with E-state index in [1.165, 1.54) is 5.56 Å². The van der Waals surface area contributed by atoms with Crippen LogP contribution in [0.15, 0.2) is 48.5 Å². The number of benzene rings is 2. The van der Waals surface area contributed by atoms with Crippen LogP contribution < -0.4 is 20.7 Å².